The van der Waals surface area contributed by atoms with Crippen LogP contribution in [0.2, 0.25) is 0 Å². The molecule has 3 N–H and O–H groups in total. The molecule has 0 saturated heterocycles. The predicted molar refractivity (Wildman–Crippen MR) is 87.2 cm³/mol. The fraction of sp³-hybridized carbons (Fsp3) is 0.643. The zero-order chi connectivity index (χ0) is 16.7. The topological polar surface area (TPSA) is 111 Å². The van der Waals surface area contributed by atoms with Crippen molar-refractivity contribution >= 4 is 22.9 Å². The van der Waals surface area contributed by atoms with E-state index in [-0.39, 0.29) is 6.29 Å². The first-order chi connectivity index (χ1) is 11.2. The van der Waals surface area contributed by atoms with Crippen LogP contribution in [-0.4, -0.2) is 66.2 Å². The van der Waals surface area contributed by atoms with Crippen LogP contribution in [0.3, 0.4) is 0 Å². The van der Waals surface area contributed by atoms with Crippen molar-refractivity contribution in [2.24, 2.45) is 0 Å². The highest BCUT2D eigenvalue weighted by molar-refractivity contribution is 5.82. The van der Waals surface area contributed by atoms with Gasteiger partial charge in [-0.3, -0.25) is 0 Å². The van der Waals surface area contributed by atoms with E-state index in [1.54, 1.807) is 13.4 Å². The number of aromatic amines is 1. The zero-order valence-corrected chi connectivity index (χ0v) is 13.8. The molecule has 1 unspecified atom stereocenters. The van der Waals surface area contributed by atoms with Crippen molar-refractivity contribution in [3.05, 3.63) is 6.33 Å². The Morgan fingerprint density at radius 2 is 2.13 bits per heavy atom. The molecule has 0 aliphatic heterocycles. The first kappa shape index (κ1) is 17.4. The third-order valence-corrected chi connectivity index (χ3v) is 3.28. The van der Waals surface area contributed by atoms with Gasteiger partial charge in [-0.1, -0.05) is 0 Å². The van der Waals surface area contributed by atoms with Crippen LogP contribution < -0.4 is 10.6 Å². The van der Waals surface area contributed by atoms with Crippen molar-refractivity contribution in [3.8, 4) is 0 Å². The lowest BCUT2D eigenvalue weighted by Gasteiger charge is -2.26. The summed E-state index contributed by atoms with van der Waals surface area (Å²) >= 11 is 0. The molecule has 1 atom stereocenters. The number of hydrogen-bond donors (Lipinski definition) is 2. The number of methoxy groups -OCH3 is 1. The number of nitrogens with one attached hydrogen (secondary N) is 1. The summed E-state index contributed by atoms with van der Waals surface area (Å²) in [6, 6.07) is 0. The van der Waals surface area contributed by atoms with Crippen LogP contribution in [0.4, 0.5) is 11.8 Å². The first-order valence-electron chi connectivity index (χ1n) is 7.63. The van der Waals surface area contributed by atoms with Gasteiger partial charge in [0.05, 0.1) is 19.5 Å². The van der Waals surface area contributed by atoms with Crippen LogP contribution >= 0.6 is 0 Å². The molecule has 23 heavy (non-hydrogen) atoms. The molecule has 9 heteroatoms. The monoisotopic (exact) mass is 324 g/mol. The van der Waals surface area contributed by atoms with Crippen molar-refractivity contribution in [1.29, 1.82) is 0 Å². The van der Waals surface area contributed by atoms with Crippen molar-refractivity contribution in [1.82, 2.24) is 19.9 Å². The van der Waals surface area contributed by atoms with E-state index in [1.807, 2.05) is 18.7 Å². The van der Waals surface area contributed by atoms with E-state index in [4.69, 9.17) is 19.9 Å². The average molecular weight is 324 g/mol. The highest BCUT2D eigenvalue weighted by Gasteiger charge is 2.18. The molecule has 0 aromatic carbocycles. The van der Waals surface area contributed by atoms with Gasteiger partial charge in [0.2, 0.25) is 5.95 Å². The molecule has 2 aromatic heterocycles. The highest BCUT2D eigenvalue weighted by Crippen LogP contribution is 2.18. The van der Waals surface area contributed by atoms with E-state index >= 15 is 0 Å². The lowest BCUT2D eigenvalue weighted by atomic mass is 10.4. The number of aromatic nitrogens is 4. The Morgan fingerprint density at radius 1 is 1.30 bits per heavy atom. The molecular formula is C14H24N6O3. The van der Waals surface area contributed by atoms with Crippen LogP contribution in [0.15, 0.2) is 6.33 Å². The second kappa shape index (κ2) is 8.61. The van der Waals surface area contributed by atoms with Crippen molar-refractivity contribution in [2.45, 2.75) is 20.1 Å². The number of imidazole rings is 1. The minimum atomic E-state index is -0.388. The summed E-state index contributed by atoms with van der Waals surface area (Å²) in [5, 5.41) is 0. The van der Waals surface area contributed by atoms with Crippen LogP contribution in [0, 0.1) is 0 Å². The maximum absolute atomic E-state index is 5.97. The molecule has 0 aliphatic carbocycles. The SMILES string of the molecule is CCOCCN(CC(OC)OCC)c1nc(N)c2[nH]cnc2n1. The first-order valence-corrected chi connectivity index (χ1v) is 7.63. The second-order valence-corrected chi connectivity index (χ2v) is 4.77. The predicted octanol–water partition coefficient (Wildman–Crippen LogP) is 0.787. The van der Waals surface area contributed by atoms with E-state index in [0.29, 0.717) is 55.8 Å². The Morgan fingerprint density at radius 3 is 2.83 bits per heavy atom. The molecule has 0 radical (unpaired) electrons. The Bertz CT molecular complexity index is 605. The molecule has 0 amide bonds. The molecular weight excluding hydrogens is 300 g/mol. The van der Waals surface area contributed by atoms with Gasteiger partial charge in [-0.05, 0) is 13.8 Å². The number of nitrogen functional groups attached to an aromatic ring is 1. The van der Waals surface area contributed by atoms with Crippen molar-refractivity contribution < 1.29 is 14.2 Å². The third-order valence-electron chi connectivity index (χ3n) is 3.28. The van der Waals surface area contributed by atoms with Gasteiger partial charge in [0.1, 0.15) is 5.52 Å². The number of H-pyrrole nitrogens is 1. The molecule has 128 valence electrons. The number of anilines is 2. The summed E-state index contributed by atoms with van der Waals surface area (Å²) in [6.45, 7) is 6.67. The number of ether oxygens (including phenoxy) is 3. The maximum atomic E-state index is 5.97. The van der Waals surface area contributed by atoms with Gasteiger partial charge < -0.3 is 29.8 Å². The minimum Gasteiger partial charge on any atom is -0.382 e. The van der Waals surface area contributed by atoms with E-state index in [9.17, 15) is 0 Å². The number of hydrogen-bond acceptors (Lipinski definition) is 8. The molecule has 0 bridgehead atoms. The number of rotatable bonds is 10. The van der Waals surface area contributed by atoms with E-state index in [0.717, 1.165) is 0 Å². The fourth-order valence-corrected chi connectivity index (χ4v) is 2.14. The van der Waals surface area contributed by atoms with Gasteiger partial charge >= 0.3 is 0 Å². The van der Waals surface area contributed by atoms with Crippen LogP contribution in [0.5, 0.6) is 0 Å². The van der Waals surface area contributed by atoms with Gasteiger partial charge in [-0.2, -0.15) is 9.97 Å². The molecule has 2 aromatic rings. The summed E-state index contributed by atoms with van der Waals surface area (Å²) in [5.74, 6) is 0.831. The fourth-order valence-electron chi connectivity index (χ4n) is 2.14. The maximum Gasteiger partial charge on any atom is 0.229 e. The smallest absolute Gasteiger partial charge is 0.229 e. The van der Waals surface area contributed by atoms with Gasteiger partial charge in [-0.25, -0.2) is 4.98 Å². The van der Waals surface area contributed by atoms with Gasteiger partial charge in [-0.15, -0.1) is 0 Å². The van der Waals surface area contributed by atoms with Crippen LogP contribution in [0.25, 0.3) is 11.2 Å². The Hall–Kier alpha value is -1.97. The van der Waals surface area contributed by atoms with Gasteiger partial charge in [0.15, 0.2) is 17.8 Å². The lowest BCUT2D eigenvalue weighted by Crippen LogP contribution is -2.38. The Balaban J connectivity index is 2.22. The molecule has 0 fully saturated rings. The number of nitrogens with zero attached hydrogens (tertiary/aromatic N) is 4. The largest absolute Gasteiger partial charge is 0.382 e. The number of nitrogens with two attached hydrogens (primary N) is 1. The summed E-state index contributed by atoms with van der Waals surface area (Å²) in [7, 11) is 1.60. The summed E-state index contributed by atoms with van der Waals surface area (Å²) < 4.78 is 16.3. The Labute approximate surface area is 135 Å². The van der Waals surface area contributed by atoms with Crippen LogP contribution in [-0.2, 0) is 14.2 Å². The molecule has 2 rings (SSSR count). The summed E-state index contributed by atoms with van der Waals surface area (Å²) in [6.07, 6.45) is 1.16. The molecule has 9 nitrogen and oxygen atoms in total. The zero-order valence-electron chi connectivity index (χ0n) is 13.8. The van der Waals surface area contributed by atoms with Crippen molar-refractivity contribution in [3.63, 3.8) is 0 Å². The molecule has 0 aliphatic rings. The van der Waals surface area contributed by atoms with E-state index in [1.165, 1.54) is 0 Å². The number of fused-ring (bicyclic) bond motifs is 1. The normalized spacial score (nSPS) is 12.7. The average Bonchev–Trinajstić information content (AvgIpc) is 3.02. The molecule has 0 saturated carbocycles. The Kier molecular flexibility index (Phi) is 6.51. The standard InChI is InChI=1S/C14H24N6O3/c1-4-22-7-6-20(8-10(21-3)23-5-2)14-18-12(15)11-13(19-14)17-9-16-11/h9-10H,4-8H2,1-3H3,(H3,15,16,17,18,19). The second-order valence-electron chi connectivity index (χ2n) is 4.77. The van der Waals surface area contributed by atoms with Gasteiger partial charge in [0.25, 0.3) is 0 Å². The van der Waals surface area contributed by atoms with Crippen molar-refractivity contribution in [2.75, 3.05) is 50.7 Å². The van der Waals surface area contributed by atoms with E-state index < -0.39 is 0 Å². The minimum absolute atomic E-state index is 0.356. The molecule has 0 spiro atoms. The quantitative estimate of drug-likeness (QED) is 0.487. The highest BCUT2D eigenvalue weighted by atomic mass is 16.7. The van der Waals surface area contributed by atoms with E-state index in [2.05, 4.69) is 19.9 Å². The summed E-state index contributed by atoms with van der Waals surface area (Å²) in [4.78, 5) is 17.8. The van der Waals surface area contributed by atoms with Gasteiger partial charge in [0, 0.05) is 26.9 Å². The van der Waals surface area contributed by atoms with Crippen LogP contribution in [0.1, 0.15) is 13.8 Å². The molecule has 2 heterocycles. The summed E-state index contributed by atoms with van der Waals surface area (Å²) in [5.41, 5.74) is 7.13. The lowest BCUT2D eigenvalue weighted by molar-refractivity contribution is -0.113. The third kappa shape index (κ3) is 4.50.